The highest BCUT2D eigenvalue weighted by Crippen LogP contribution is 2.13. The van der Waals surface area contributed by atoms with Crippen LogP contribution in [0.25, 0.3) is 0 Å². The zero-order valence-electron chi connectivity index (χ0n) is 14.7. The first-order chi connectivity index (χ1) is 11.8. The van der Waals surface area contributed by atoms with Gasteiger partial charge in [-0.2, -0.15) is 0 Å². The summed E-state index contributed by atoms with van der Waals surface area (Å²) in [6.07, 6.45) is 1.13. The maximum Gasteiger partial charge on any atom is 0.251 e. The highest BCUT2D eigenvalue weighted by molar-refractivity contribution is 7.90. The third-order valence-corrected chi connectivity index (χ3v) is 5.05. The molecule has 0 aromatic heterocycles. The smallest absolute Gasteiger partial charge is 0.251 e. The van der Waals surface area contributed by atoms with Crippen molar-refractivity contribution >= 4 is 21.4 Å². The molecule has 1 amide bonds. The summed E-state index contributed by atoms with van der Waals surface area (Å²) in [5.41, 5.74) is 1.33. The SMILES string of the molecule is CC(C)C(CNC(=O)c1cccc(S(C)(=O)=O)c1)Nc1ccccc1. The van der Waals surface area contributed by atoms with Gasteiger partial charge in [0.05, 0.1) is 4.90 Å². The lowest BCUT2D eigenvalue weighted by molar-refractivity contribution is 0.0950. The summed E-state index contributed by atoms with van der Waals surface area (Å²) in [6.45, 7) is 4.60. The van der Waals surface area contributed by atoms with E-state index in [1.165, 1.54) is 12.1 Å². The summed E-state index contributed by atoms with van der Waals surface area (Å²) >= 11 is 0. The van der Waals surface area contributed by atoms with Crippen LogP contribution in [-0.4, -0.2) is 33.2 Å². The number of anilines is 1. The van der Waals surface area contributed by atoms with Crippen molar-refractivity contribution in [3.8, 4) is 0 Å². The van der Waals surface area contributed by atoms with E-state index in [0.717, 1.165) is 11.9 Å². The Morgan fingerprint density at radius 1 is 1.04 bits per heavy atom. The van der Waals surface area contributed by atoms with Crippen molar-refractivity contribution in [2.75, 3.05) is 18.1 Å². The maximum absolute atomic E-state index is 12.4. The van der Waals surface area contributed by atoms with E-state index >= 15 is 0 Å². The molecule has 0 aliphatic rings. The van der Waals surface area contributed by atoms with Gasteiger partial charge < -0.3 is 10.6 Å². The standard InChI is InChI=1S/C19H24N2O3S/c1-14(2)18(21-16-9-5-4-6-10-16)13-20-19(22)15-8-7-11-17(12-15)25(3,23)24/h4-12,14,18,21H,13H2,1-3H3,(H,20,22). The Morgan fingerprint density at radius 3 is 2.32 bits per heavy atom. The Balaban J connectivity index is 2.04. The molecule has 1 unspecified atom stereocenters. The van der Waals surface area contributed by atoms with Crippen molar-refractivity contribution in [2.24, 2.45) is 5.92 Å². The number of hydrogen-bond acceptors (Lipinski definition) is 4. The number of amides is 1. The van der Waals surface area contributed by atoms with E-state index in [0.29, 0.717) is 18.0 Å². The lowest BCUT2D eigenvalue weighted by atomic mass is 10.0. The van der Waals surface area contributed by atoms with Gasteiger partial charge in [-0.3, -0.25) is 4.79 Å². The molecule has 2 aromatic carbocycles. The van der Waals surface area contributed by atoms with Crippen LogP contribution >= 0.6 is 0 Å². The van der Waals surface area contributed by atoms with Crippen molar-refractivity contribution in [1.82, 2.24) is 5.32 Å². The Morgan fingerprint density at radius 2 is 1.72 bits per heavy atom. The summed E-state index contributed by atoms with van der Waals surface area (Å²) in [7, 11) is -3.34. The number of carbonyl (C=O) groups excluding carboxylic acids is 1. The average molecular weight is 360 g/mol. The van der Waals surface area contributed by atoms with Crippen LogP contribution in [0.15, 0.2) is 59.5 Å². The maximum atomic E-state index is 12.4. The molecular formula is C19H24N2O3S. The normalized spacial score (nSPS) is 12.6. The molecule has 5 nitrogen and oxygen atoms in total. The predicted octanol–water partition coefficient (Wildman–Crippen LogP) is 2.96. The molecule has 0 aliphatic heterocycles. The van der Waals surface area contributed by atoms with Crippen molar-refractivity contribution in [3.63, 3.8) is 0 Å². The number of carbonyl (C=O) groups is 1. The second kappa shape index (κ2) is 8.16. The number of sulfone groups is 1. The van der Waals surface area contributed by atoms with E-state index in [1.54, 1.807) is 12.1 Å². The van der Waals surface area contributed by atoms with E-state index in [2.05, 4.69) is 24.5 Å². The molecule has 0 aliphatic carbocycles. The quantitative estimate of drug-likeness (QED) is 0.796. The van der Waals surface area contributed by atoms with Crippen molar-refractivity contribution in [2.45, 2.75) is 24.8 Å². The van der Waals surface area contributed by atoms with Crippen LogP contribution in [-0.2, 0) is 9.84 Å². The van der Waals surface area contributed by atoms with E-state index in [9.17, 15) is 13.2 Å². The fourth-order valence-corrected chi connectivity index (χ4v) is 3.04. The molecule has 2 aromatic rings. The lowest BCUT2D eigenvalue weighted by Crippen LogP contribution is -2.39. The van der Waals surface area contributed by atoms with Crippen molar-refractivity contribution < 1.29 is 13.2 Å². The van der Waals surface area contributed by atoms with Crippen LogP contribution in [0.2, 0.25) is 0 Å². The first-order valence-corrected chi connectivity index (χ1v) is 10.1. The monoisotopic (exact) mass is 360 g/mol. The fraction of sp³-hybridized carbons (Fsp3) is 0.316. The molecule has 2 rings (SSSR count). The molecule has 0 bridgehead atoms. The summed E-state index contributed by atoms with van der Waals surface area (Å²) in [5.74, 6) is 0.0221. The Hall–Kier alpha value is -2.34. The van der Waals surface area contributed by atoms with Gasteiger partial charge >= 0.3 is 0 Å². The summed E-state index contributed by atoms with van der Waals surface area (Å²) in [6, 6.07) is 16.0. The molecule has 134 valence electrons. The second-order valence-corrected chi connectivity index (χ2v) is 8.39. The fourth-order valence-electron chi connectivity index (χ4n) is 2.37. The zero-order valence-corrected chi connectivity index (χ0v) is 15.5. The summed E-state index contributed by atoms with van der Waals surface area (Å²) in [5, 5.41) is 6.29. The van der Waals surface area contributed by atoms with Gasteiger partial charge in [0, 0.05) is 30.1 Å². The Labute approximate surface area is 149 Å². The molecule has 25 heavy (non-hydrogen) atoms. The number of benzene rings is 2. The Bertz CT molecular complexity index is 818. The molecule has 6 heteroatoms. The molecule has 0 saturated heterocycles. The van der Waals surface area contributed by atoms with Crippen LogP contribution in [0.3, 0.4) is 0 Å². The summed E-state index contributed by atoms with van der Waals surface area (Å²) in [4.78, 5) is 12.5. The van der Waals surface area contributed by atoms with E-state index in [4.69, 9.17) is 0 Å². The van der Waals surface area contributed by atoms with Gasteiger partial charge in [-0.1, -0.05) is 38.1 Å². The average Bonchev–Trinajstić information content (AvgIpc) is 2.58. The van der Waals surface area contributed by atoms with Gasteiger partial charge in [-0.05, 0) is 36.2 Å². The highest BCUT2D eigenvalue weighted by Gasteiger charge is 2.16. The predicted molar refractivity (Wildman–Crippen MR) is 101 cm³/mol. The first kappa shape index (κ1) is 19.0. The molecule has 1 atom stereocenters. The molecule has 0 radical (unpaired) electrons. The molecule has 2 N–H and O–H groups in total. The highest BCUT2D eigenvalue weighted by atomic mass is 32.2. The van der Waals surface area contributed by atoms with Crippen LogP contribution < -0.4 is 10.6 Å². The van der Waals surface area contributed by atoms with Crippen LogP contribution in [0.4, 0.5) is 5.69 Å². The number of para-hydroxylation sites is 1. The van der Waals surface area contributed by atoms with Gasteiger partial charge in [0.25, 0.3) is 5.91 Å². The zero-order chi connectivity index (χ0) is 18.4. The van der Waals surface area contributed by atoms with Crippen LogP contribution in [0.5, 0.6) is 0 Å². The van der Waals surface area contributed by atoms with E-state index < -0.39 is 9.84 Å². The minimum absolute atomic E-state index is 0.0597. The van der Waals surface area contributed by atoms with Gasteiger partial charge in [0.2, 0.25) is 0 Å². The molecular weight excluding hydrogens is 336 g/mol. The van der Waals surface area contributed by atoms with Gasteiger partial charge in [0.15, 0.2) is 9.84 Å². The van der Waals surface area contributed by atoms with E-state index in [1.807, 2.05) is 30.3 Å². The van der Waals surface area contributed by atoms with Gasteiger partial charge in [-0.25, -0.2) is 8.42 Å². The molecule has 0 heterocycles. The topological polar surface area (TPSA) is 75.3 Å². The van der Waals surface area contributed by atoms with Gasteiger partial charge in [0.1, 0.15) is 0 Å². The van der Waals surface area contributed by atoms with Crippen molar-refractivity contribution in [1.29, 1.82) is 0 Å². The largest absolute Gasteiger partial charge is 0.380 e. The molecule has 0 saturated carbocycles. The third-order valence-electron chi connectivity index (χ3n) is 3.94. The lowest BCUT2D eigenvalue weighted by Gasteiger charge is -2.24. The minimum Gasteiger partial charge on any atom is -0.380 e. The molecule has 0 spiro atoms. The summed E-state index contributed by atoms with van der Waals surface area (Å²) < 4.78 is 23.2. The minimum atomic E-state index is -3.34. The van der Waals surface area contributed by atoms with Gasteiger partial charge in [-0.15, -0.1) is 0 Å². The number of nitrogens with one attached hydrogen (secondary N) is 2. The number of rotatable bonds is 7. The second-order valence-electron chi connectivity index (χ2n) is 6.37. The van der Waals surface area contributed by atoms with E-state index in [-0.39, 0.29) is 16.8 Å². The van der Waals surface area contributed by atoms with Crippen LogP contribution in [0.1, 0.15) is 24.2 Å². The molecule has 0 fully saturated rings. The van der Waals surface area contributed by atoms with Crippen molar-refractivity contribution in [3.05, 3.63) is 60.2 Å². The van der Waals surface area contributed by atoms with Crippen LogP contribution in [0, 0.1) is 5.92 Å². The first-order valence-electron chi connectivity index (χ1n) is 8.17. The Kier molecular flexibility index (Phi) is 6.20. The number of hydrogen-bond donors (Lipinski definition) is 2. The third kappa shape index (κ3) is 5.60.